The molecule has 0 unspecified atom stereocenters. The second-order valence-corrected chi connectivity index (χ2v) is 11.1. The summed E-state index contributed by atoms with van der Waals surface area (Å²) in [5.41, 5.74) is 9.39. The summed E-state index contributed by atoms with van der Waals surface area (Å²) in [7, 11) is 0. The summed E-state index contributed by atoms with van der Waals surface area (Å²) < 4.78 is 0. The molecule has 180 valence electrons. The molecule has 35 heavy (non-hydrogen) atoms. The number of allylic oxidation sites excluding steroid dienone is 1. The minimum Gasteiger partial charge on any atom is -0.374 e. The van der Waals surface area contributed by atoms with Crippen LogP contribution < -0.4 is 10.6 Å². The predicted molar refractivity (Wildman–Crippen MR) is 146 cm³/mol. The molecule has 3 nitrogen and oxygen atoms in total. The van der Waals surface area contributed by atoms with Gasteiger partial charge in [-0.2, -0.15) is 5.26 Å². The average molecular weight is 464 g/mol. The fourth-order valence-electron chi connectivity index (χ4n) is 5.23. The molecule has 0 bridgehead atoms. The van der Waals surface area contributed by atoms with Gasteiger partial charge in [-0.1, -0.05) is 76.4 Å². The smallest absolute Gasteiger partial charge is 0.125 e. The zero-order valence-corrected chi connectivity index (χ0v) is 21.4. The van der Waals surface area contributed by atoms with Crippen LogP contribution in [-0.2, 0) is 11.8 Å². The highest BCUT2D eigenvalue weighted by atomic mass is 15.1. The maximum absolute atomic E-state index is 9.42. The first-order chi connectivity index (χ1) is 16.8. The Balaban J connectivity index is 1.26. The van der Waals surface area contributed by atoms with Crippen LogP contribution >= 0.6 is 0 Å². The van der Waals surface area contributed by atoms with Crippen LogP contribution in [0.25, 0.3) is 17.2 Å². The normalized spacial score (nSPS) is 18.6. The van der Waals surface area contributed by atoms with E-state index in [0.29, 0.717) is 0 Å². The van der Waals surface area contributed by atoms with Crippen molar-refractivity contribution in [3.63, 3.8) is 0 Å². The highest BCUT2D eigenvalue weighted by Gasteiger charge is 2.51. The van der Waals surface area contributed by atoms with E-state index in [9.17, 15) is 5.26 Å². The van der Waals surface area contributed by atoms with Gasteiger partial charge in [0.25, 0.3) is 0 Å². The summed E-state index contributed by atoms with van der Waals surface area (Å²) in [6, 6.07) is 18.4. The van der Waals surface area contributed by atoms with Crippen LogP contribution in [0, 0.1) is 11.3 Å². The molecule has 0 atom stereocenters. The number of hydrogen-bond donors (Lipinski definition) is 2. The molecule has 0 heterocycles. The van der Waals surface area contributed by atoms with Crippen LogP contribution in [0.4, 0.5) is 0 Å². The number of fused-ring (bicyclic) bond motifs is 1. The van der Waals surface area contributed by atoms with Crippen molar-refractivity contribution in [2.24, 2.45) is 0 Å². The summed E-state index contributed by atoms with van der Waals surface area (Å²) in [6.45, 7) is 15.6. The van der Waals surface area contributed by atoms with Gasteiger partial charge in [0.2, 0.25) is 0 Å². The number of hydrogen-bond acceptors (Lipinski definition) is 3. The first-order valence-corrected chi connectivity index (χ1v) is 13.1. The van der Waals surface area contributed by atoms with Crippen molar-refractivity contribution in [2.75, 3.05) is 0 Å². The van der Waals surface area contributed by atoms with Crippen LogP contribution in [0.3, 0.4) is 0 Å². The number of nitrogens with one attached hydrogen (secondary N) is 2. The molecule has 0 aliphatic heterocycles. The minimum atomic E-state index is -0.390. The molecule has 5 rings (SSSR count). The molecule has 2 N–H and O–H groups in total. The molecule has 0 saturated heterocycles. The molecular weight excluding hydrogens is 426 g/mol. The van der Waals surface area contributed by atoms with Crippen molar-refractivity contribution in [1.82, 2.24) is 10.6 Å². The zero-order valence-electron chi connectivity index (χ0n) is 21.4. The van der Waals surface area contributed by atoms with Crippen molar-refractivity contribution in [3.8, 4) is 17.2 Å². The Kier molecular flexibility index (Phi) is 5.67. The summed E-state index contributed by atoms with van der Waals surface area (Å²) in [6.07, 6.45) is 9.30. The quantitative estimate of drug-likeness (QED) is 0.393. The van der Waals surface area contributed by atoms with Gasteiger partial charge in [0, 0.05) is 17.8 Å². The first kappa shape index (κ1) is 23.5. The number of rotatable bonds is 10. The van der Waals surface area contributed by atoms with Gasteiger partial charge >= 0.3 is 0 Å². The standard InChI is InChI=1S/C32H37N3/c1-6-30(5,7-2)29-12-10-24(11-13-29)25-8-9-26-18-27(20-28(26)19-25)22(3)34-32(16-17-32)23(4)35-31(21-33)14-15-31/h8-13,18-19,34-35H,3-4,6-7,14-17,20H2,1-2,5H3. The Hall–Kier alpha value is -3.25. The Morgan fingerprint density at radius 2 is 1.63 bits per heavy atom. The van der Waals surface area contributed by atoms with Crippen molar-refractivity contribution in [3.05, 3.63) is 89.3 Å². The summed E-state index contributed by atoms with van der Waals surface area (Å²) in [5, 5.41) is 16.5. The monoisotopic (exact) mass is 463 g/mol. The molecule has 3 aliphatic rings. The second kappa shape index (κ2) is 8.45. The van der Waals surface area contributed by atoms with E-state index in [2.05, 4.69) is 99.2 Å². The van der Waals surface area contributed by atoms with Crippen molar-refractivity contribution in [2.45, 2.75) is 82.2 Å². The van der Waals surface area contributed by atoms with Crippen molar-refractivity contribution >= 4 is 6.08 Å². The van der Waals surface area contributed by atoms with E-state index in [1.807, 2.05) is 0 Å². The van der Waals surface area contributed by atoms with Gasteiger partial charge in [-0.05, 0) is 83.4 Å². The lowest BCUT2D eigenvalue weighted by Crippen LogP contribution is -2.42. The summed E-state index contributed by atoms with van der Waals surface area (Å²) in [4.78, 5) is 0. The SMILES string of the molecule is C=C(NC1(C(=C)NC2(C#N)CC2)CC1)C1=Cc2ccc(-c3ccc(C(C)(CC)CC)cc3)cc2C1. The van der Waals surface area contributed by atoms with E-state index >= 15 is 0 Å². The van der Waals surface area contributed by atoms with Crippen molar-refractivity contribution in [1.29, 1.82) is 5.26 Å². The molecule has 2 saturated carbocycles. The van der Waals surface area contributed by atoms with Crippen LogP contribution in [0.1, 0.15) is 76.0 Å². The Bertz CT molecular complexity index is 1240. The van der Waals surface area contributed by atoms with E-state index in [4.69, 9.17) is 0 Å². The second-order valence-electron chi connectivity index (χ2n) is 11.1. The van der Waals surface area contributed by atoms with Gasteiger partial charge in [-0.15, -0.1) is 0 Å². The molecule has 2 fully saturated rings. The number of nitriles is 1. The van der Waals surface area contributed by atoms with Gasteiger partial charge in [0.15, 0.2) is 0 Å². The van der Waals surface area contributed by atoms with E-state index in [1.165, 1.54) is 33.4 Å². The summed E-state index contributed by atoms with van der Waals surface area (Å²) >= 11 is 0. The topological polar surface area (TPSA) is 47.8 Å². The maximum atomic E-state index is 9.42. The number of benzene rings is 2. The van der Waals surface area contributed by atoms with Gasteiger partial charge < -0.3 is 10.6 Å². The van der Waals surface area contributed by atoms with Crippen LogP contribution in [0.5, 0.6) is 0 Å². The van der Waals surface area contributed by atoms with Crippen LogP contribution in [-0.4, -0.2) is 11.1 Å². The molecule has 0 spiro atoms. The third kappa shape index (κ3) is 4.31. The van der Waals surface area contributed by atoms with Gasteiger partial charge in [0.1, 0.15) is 5.54 Å². The Morgan fingerprint density at radius 3 is 2.20 bits per heavy atom. The Morgan fingerprint density at radius 1 is 0.971 bits per heavy atom. The van der Waals surface area contributed by atoms with Crippen molar-refractivity contribution < 1.29 is 0 Å². The summed E-state index contributed by atoms with van der Waals surface area (Å²) in [5.74, 6) is 0. The lowest BCUT2D eigenvalue weighted by Gasteiger charge is -2.27. The third-order valence-corrected chi connectivity index (χ3v) is 8.79. The third-order valence-electron chi connectivity index (χ3n) is 8.79. The van der Waals surface area contributed by atoms with Crippen LogP contribution in [0.2, 0.25) is 0 Å². The molecule has 3 aliphatic carbocycles. The minimum absolute atomic E-state index is 0.169. The number of nitrogens with zero attached hydrogens (tertiary/aromatic N) is 1. The fourth-order valence-corrected chi connectivity index (χ4v) is 5.23. The zero-order chi connectivity index (χ0) is 24.8. The van der Waals surface area contributed by atoms with E-state index in [-0.39, 0.29) is 11.0 Å². The lowest BCUT2D eigenvalue weighted by atomic mass is 9.77. The molecule has 0 radical (unpaired) electrons. The van der Waals surface area contributed by atoms with Gasteiger partial charge in [0.05, 0.1) is 11.6 Å². The fraction of sp³-hybridized carbons (Fsp3) is 0.406. The Labute approximate surface area is 210 Å². The molecule has 0 aromatic heterocycles. The highest BCUT2D eigenvalue weighted by molar-refractivity contribution is 5.74. The highest BCUT2D eigenvalue weighted by Crippen LogP contribution is 2.46. The molecule has 3 heteroatoms. The largest absolute Gasteiger partial charge is 0.374 e. The van der Waals surface area contributed by atoms with E-state index in [1.54, 1.807) is 0 Å². The van der Waals surface area contributed by atoms with E-state index in [0.717, 1.165) is 56.3 Å². The van der Waals surface area contributed by atoms with Gasteiger partial charge in [-0.25, -0.2) is 0 Å². The first-order valence-electron chi connectivity index (χ1n) is 13.1. The average Bonchev–Trinajstić information content (AvgIpc) is 3.80. The van der Waals surface area contributed by atoms with E-state index < -0.39 is 5.54 Å². The molecule has 2 aromatic carbocycles. The van der Waals surface area contributed by atoms with Gasteiger partial charge in [-0.3, -0.25) is 0 Å². The molecular formula is C32H37N3. The van der Waals surface area contributed by atoms with Crippen LogP contribution in [0.15, 0.2) is 72.6 Å². The molecule has 0 amide bonds. The lowest BCUT2D eigenvalue weighted by molar-refractivity contribution is 0.439. The molecule has 2 aromatic rings. The predicted octanol–water partition coefficient (Wildman–Crippen LogP) is 7.17. The maximum Gasteiger partial charge on any atom is 0.125 e.